The van der Waals surface area contributed by atoms with Gasteiger partial charge in [-0.25, -0.2) is 0 Å². The highest BCUT2D eigenvalue weighted by molar-refractivity contribution is 5.71. The Bertz CT molecular complexity index is 1240. The Morgan fingerprint density at radius 2 is 1.97 bits per heavy atom. The van der Waals surface area contributed by atoms with Crippen LogP contribution in [0.15, 0.2) is 11.0 Å². The summed E-state index contributed by atoms with van der Waals surface area (Å²) in [6, 6.07) is -0.571. The molecule has 38 heavy (non-hydrogen) atoms. The van der Waals surface area contributed by atoms with Crippen LogP contribution in [-0.4, -0.2) is 67.4 Å². The second-order valence-corrected chi connectivity index (χ2v) is 9.95. The number of pyridine rings is 1. The maximum absolute atomic E-state index is 12.8. The van der Waals surface area contributed by atoms with Crippen molar-refractivity contribution in [1.82, 2.24) is 15.0 Å². The molecule has 0 spiro atoms. The molecule has 0 unspecified atom stereocenters. The highest BCUT2D eigenvalue weighted by atomic mass is 16.5. The van der Waals surface area contributed by atoms with E-state index in [-0.39, 0.29) is 37.0 Å². The summed E-state index contributed by atoms with van der Waals surface area (Å²) in [4.78, 5) is 47.8. The van der Waals surface area contributed by atoms with Gasteiger partial charge < -0.3 is 40.6 Å². The number of esters is 2. The molecule has 0 amide bonds. The Hall–Kier alpha value is -3.71. The molecule has 0 aliphatic carbocycles. The molecule has 3 heterocycles. The van der Waals surface area contributed by atoms with E-state index in [0.29, 0.717) is 23.5 Å². The molecule has 3 rings (SSSR count). The average Bonchev–Trinajstić information content (AvgIpc) is 2.82. The van der Waals surface area contributed by atoms with Crippen molar-refractivity contribution in [3.8, 4) is 5.75 Å². The van der Waals surface area contributed by atoms with E-state index in [1.165, 1.54) is 20.8 Å². The standard InChI is InChI=1S/C25H36N6O7/c1-7-15-9-26-17(21(38-14(4)34)16(15)11-37-13(3)33)8-25(5,6)31-24-29-22-19(23(36)30-24)28-18(10-27-22)20(35)12(2)32/h9,12,18,20,28,32,35H,7-8,10-11H2,1-6H3,(H3,27,29,30,31,36)/t12-,18+,20-/m0/s1. The quantitative estimate of drug-likeness (QED) is 0.239. The number of fused-ring (bicyclic) bond motifs is 1. The third kappa shape index (κ3) is 6.98. The normalized spacial score (nSPS) is 16.4. The molecule has 0 fully saturated rings. The van der Waals surface area contributed by atoms with Gasteiger partial charge in [0.15, 0.2) is 5.75 Å². The van der Waals surface area contributed by atoms with Gasteiger partial charge in [0.25, 0.3) is 5.56 Å². The molecule has 0 saturated heterocycles. The molecule has 3 atom stereocenters. The molecular formula is C25H36N6O7. The van der Waals surface area contributed by atoms with Crippen LogP contribution in [0, 0.1) is 0 Å². The number of rotatable bonds is 10. The zero-order chi connectivity index (χ0) is 28.2. The number of aryl methyl sites for hydroxylation is 1. The zero-order valence-electron chi connectivity index (χ0n) is 22.5. The van der Waals surface area contributed by atoms with Crippen LogP contribution in [0.4, 0.5) is 17.5 Å². The topological polar surface area (TPSA) is 188 Å². The van der Waals surface area contributed by atoms with Crippen molar-refractivity contribution in [2.24, 2.45) is 0 Å². The van der Waals surface area contributed by atoms with E-state index in [1.54, 1.807) is 6.20 Å². The van der Waals surface area contributed by atoms with Gasteiger partial charge in [0.2, 0.25) is 5.95 Å². The molecule has 2 aromatic rings. The number of aliphatic hydroxyl groups excluding tert-OH is 2. The maximum atomic E-state index is 12.8. The second kappa shape index (κ2) is 11.8. The lowest BCUT2D eigenvalue weighted by atomic mass is 9.95. The summed E-state index contributed by atoms with van der Waals surface area (Å²) in [7, 11) is 0. The molecule has 0 radical (unpaired) electrons. The number of aromatic nitrogens is 3. The Morgan fingerprint density at radius 3 is 2.58 bits per heavy atom. The molecule has 1 aliphatic rings. The van der Waals surface area contributed by atoms with Crippen LogP contribution in [0.1, 0.15) is 58.4 Å². The largest absolute Gasteiger partial charge is 0.461 e. The molecule has 208 valence electrons. The van der Waals surface area contributed by atoms with Gasteiger partial charge in [-0.05, 0) is 32.8 Å². The number of carbonyl (C=O) groups is 2. The monoisotopic (exact) mass is 532 g/mol. The van der Waals surface area contributed by atoms with Gasteiger partial charge in [-0.2, -0.15) is 4.98 Å². The molecule has 2 aromatic heterocycles. The van der Waals surface area contributed by atoms with Crippen LogP contribution < -0.4 is 26.2 Å². The number of nitrogens with one attached hydrogen (secondary N) is 4. The number of H-pyrrole nitrogens is 1. The van der Waals surface area contributed by atoms with Gasteiger partial charge in [0.05, 0.1) is 17.8 Å². The summed E-state index contributed by atoms with van der Waals surface area (Å²) in [6.45, 7) is 9.92. The average molecular weight is 533 g/mol. The number of anilines is 3. The lowest BCUT2D eigenvalue weighted by Gasteiger charge is -2.32. The lowest BCUT2D eigenvalue weighted by Crippen LogP contribution is -2.48. The number of ether oxygens (including phenoxy) is 2. The first kappa shape index (κ1) is 28.9. The van der Waals surface area contributed by atoms with Crippen molar-refractivity contribution >= 4 is 29.4 Å². The molecule has 6 N–H and O–H groups in total. The van der Waals surface area contributed by atoms with E-state index in [4.69, 9.17) is 9.47 Å². The van der Waals surface area contributed by atoms with Gasteiger partial charge in [-0.1, -0.05) is 6.92 Å². The summed E-state index contributed by atoms with van der Waals surface area (Å²) in [5.74, 6) is -0.157. The minimum absolute atomic E-state index is 0.0619. The van der Waals surface area contributed by atoms with Gasteiger partial charge in [-0.15, -0.1) is 0 Å². The Balaban J connectivity index is 1.87. The van der Waals surface area contributed by atoms with Crippen molar-refractivity contribution in [1.29, 1.82) is 0 Å². The van der Waals surface area contributed by atoms with Crippen LogP contribution >= 0.6 is 0 Å². The first-order valence-corrected chi connectivity index (χ1v) is 12.4. The van der Waals surface area contributed by atoms with Crippen LogP contribution in [0.2, 0.25) is 0 Å². The van der Waals surface area contributed by atoms with Gasteiger partial charge in [0, 0.05) is 44.1 Å². The second-order valence-electron chi connectivity index (χ2n) is 9.95. The van der Waals surface area contributed by atoms with Crippen molar-refractivity contribution in [2.45, 2.75) is 84.8 Å². The van der Waals surface area contributed by atoms with Crippen molar-refractivity contribution in [3.05, 3.63) is 33.4 Å². The number of carbonyl (C=O) groups excluding carboxylic acids is 2. The highest BCUT2D eigenvalue weighted by Gasteiger charge is 2.31. The fourth-order valence-electron chi connectivity index (χ4n) is 4.21. The van der Waals surface area contributed by atoms with Crippen molar-refractivity contribution in [3.63, 3.8) is 0 Å². The first-order valence-electron chi connectivity index (χ1n) is 12.4. The Kier molecular flexibility index (Phi) is 8.94. The number of nitrogens with zero attached hydrogens (tertiary/aromatic N) is 2. The third-order valence-corrected chi connectivity index (χ3v) is 6.07. The smallest absolute Gasteiger partial charge is 0.308 e. The number of hydrogen-bond acceptors (Lipinski definition) is 12. The van der Waals surface area contributed by atoms with Crippen molar-refractivity contribution in [2.75, 3.05) is 22.5 Å². The molecule has 0 aromatic carbocycles. The summed E-state index contributed by atoms with van der Waals surface area (Å²) in [5.41, 5.74) is 0.701. The van der Waals surface area contributed by atoms with E-state index in [1.807, 2.05) is 20.8 Å². The van der Waals surface area contributed by atoms with Crippen LogP contribution in [0.3, 0.4) is 0 Å². The molecule has 0 saturated carbocycles. The minimum atomic E-state index is -1.07. The van der Waals surface area contributed by atoms with E-state index in [0.717, 1.165) is 5.56 Å². The molecule has 13 heteroatoms. The maximum Gasteiger partial charge on any atom is 0.308 e. The Labute approximate surface area is 220 Å². The fourth-order valence-corrected chi connectivity index (χ4v) is 4.21. The first-order chi connectivity index (χ1) is 17.8. The van der Waals surface area contributed by atoms with Gasteiger partial charge in [-0.3, -0.25) is 19.4 Å². The molecule has 13 nitrogen and oxygen atoms in total. The van der Waals surface area contributed by atoms with Crippen LogP contribution in [0.5, 0.6) is 5.75 Å². The van der Waals surface area contributed by atoms with Crippen molar-refractivity contribution < 1.29 is 29.3 Å². The van der Waals surface area contributed by atoms with Gasteiger partial charge >= 0.3 is 11.9 Å². The van der Waals surface area contributed by atoms with E-state index < -0.39 is 41.3 Å². The highest BCUT2D eigenvalue weighted by Crippen LogP contribution is 2.31. The fraction of sp³-hybridized carbons (Fsp3) is 0.560. The van der Waals surface area contributed by atoms with E-state index in [2.05, 4.69) is 30.9 Å². The number of aliphatic hydroxyl groups is 2. The summed E-state index contributed by atoms with van der Waals surface area (Å²) in [6.07, 6.45) is 0.480. The predicted molar refractivity (Wildman–Crippen MR) is 140 cm³/mol. The summed E-state index contributed by atoms with van der Waals surface area (Å²) < 4.78 is 10.7. The molecule has 1 aliphatic heterocycles. The van der Waals surface area contributed by atoms with E-state index >= 15 is 0 Å². The van der Waals surface area contributed by atoms with Crippen LogP contribution in [-0.2, 0) is 33.8 Å². The lowest BCUT2D eigenvalue weighted by molar-refractivity contribution is -0.142. The van der Waals surface area contributed by atoms with E-state index in [9.17, 15) is 24.6 Å². The zero-order valence-corrected chi connectivity index (χ0v) is 22.5. The minimum Gasteiger partial charge on any atom is -0.461 e. The summed E-state index contributed by atoms with van der Waals surface area (Å²) >= 11 is 0. The van der Waals surface area contributed by atoms with Crippen LogP contribution in [0.25, 0.3) is 0 Å². The van der Waals surface area contributed by atoms with Gasteiger partial charge in [0.1, 0.15) is 24.2 Å². The Morgan fingerprint density at radius 1 is 1.26 bits per heavy atom. The number of aromatic amines is 1. The third-order valence-electron chi connectivity index (χ3n) is 6.07. The molecular weight excluding hydrogens is 496 g/mol. The molecule has 0 bridgehead atoms. The predicted octanol–water partition coefficient (Wildman–Crippen LogP) is 1.10. The number of hydrogen-bond donors (Lipinski definition) is 6. The summed E-state index contributed by atoms with van der Waals surface area (Å²) in [5, 5.41) is 29.0. The SMILES string of the molecule is CCc1cnc(CC(C)(C)Nc2nc(=O)c3c([nH]2)NC[C@H]([C@@H](O)[C@H](C)O)N3)c(OC(C)=O)c1COC(C)=O.